The Morgan fingerprint density at radius 1 is 0.880 bits per heavy atom. The molecule has 0 bridgehead atoms. The molecule has 0 saturated heterocycles. The van der Waals surface area contributed by atoms with Crippen LogP contribution in [0.5, 0.6) is 0 Å². The van der Waals surface area contributed by atoms with Crippen LogP contribution in [0.25, 0.3) is 0 Å². The van der Waals surface area contributed by atoms with E-state index in [2.05, 4.69) is 10.6 Å². The summed E-state index contributed by atoms with van der Waals surface area (Å²) in [5.74, 6) is 0.451. The first-order valence-electron chi connectivity index (χ1n) is 8.79. The molecule has 0 aromatic heterocycles. The first kappa shape index (κ1) is 29.4. The quantitative estimate of drug-likeness (QED) is 0.254. The van der Waals surface area contributed by atoms with Gasteiger partial charge >= 0.3 is 0 Å². The number of nitrogens with two attached hydrogens (primary N) is 1. The van der Waals surface area contributed by atoms with E-state index in [4.69, 9.17) is 20.7 Å². The normalized spacial score (nSPS) is 15.6. The topological polar surface area (TPSA) is 140 Å². The molecule has 0 rings (SSSR count). The third-order valence-corrected chi connectivity index (χ3v) is 3.60. The molecule has 0 amide bonds. The average molecular weight is 370 g/mol. The summed E-state index contributed by atoms with van der Waals surface area (Å²) < 4.78 is 4.94. The van der Waals surface area contributed by atoms with E-state index in [-0.39, 0.29) is 43.2 Å². The number of likely N-dealkylation sites (N-methyl/N-ethyl adjacent to an activating group) is 2. The number of rotatable bonds is 10. The molecule has 0 radical (unpaired) electrons. The van der Waals surface area contributed by atoms with Crippen molar-refractivity contribution in [1.82, 2.24) is 10.6 Å². The Hall–Kier alpha value is -0.320. The van der Waals surface area contributed by atoms with Gasteiger partial charge in [-0.05, 0) is 25.9 Å². The van der Waals surface area contributed by atoms with E-state index in [0.29, 0.717) is 13.2 Å². The monoisotopic (exact) mass is 369 g/mol. The van der Waals surface area contributed by atoms with Crippen molar-refractivity contribution >= 4 is 0 Å². The Labute approximate surface area is 153 Å². The van der Waals surface area contributed by atoms with E-state index < -0.39 is 6.10 Å². The average Bonchev–Trinajstić information content (AvgIpc) is 2.60. The third-order valence-electron chi connectivity index (χ3n) is 3.60. The zero-order chi connectivity index (χ0) is 20.4. The third kappa shape index (κ3) is 16.9. The largest absolute Gasteiger partial charge is 0.395 e. The molecule has 0 heterocycles. The number of methoxy groups -OCH3 is 1. The summed E-state index contributed by atoms with van der Waals surface area (Å²) >= 11 is 0. The summed E-state index contributed by atoms with van der Waals surface area (Å²) in [6, 6.07) is -0.153. The minimum absolute atomic E-state index is 0.0180. The second-order valence-corrected chi connectivity index (χ2v) is 6.41. The molecule has 0 aromatic rings. The second kappa shape index (κ2) is 20.0. The summed E-state index contributed by atoms with van der Waals surface area (Å²) in [7, 11) is 5.19. The van der Waals surface area contributed by atoms with Gasteiger partial charge < -0.3 is 41.5 Å². The van der Waals surface area contributed by atoms with Crippen LogP contribution in [0, 0.1) is 11.8 Å². The molecule has 8 N–H and O–H groups in total. The van der Waals surface area contributed by atoms with Gasteiger partial charge in [0.1, 0.15) is 0 Å². The van der Waals surface area contributed by atoms with Crippen LogP contribution in [0.15, 0.2) is 0 Å². The molecular formula is C17H43N3O5. The highest BCUT2D eigenvalue weighted by molar-refractivity contribution is 4.76. The van der Waals surface area contributed by atoms with Crippen molar-refractivity contribution in [3.63, 3.8) is 0 Å². The summed E-state index contributed by atoms with van der Waals surface area (Å²) in [6.45, 7) is 8.83. The number of aliphatic hydroxyl groups excluding tert-OH is 4. The zero-order valence-electron chi connectivity index (χ0n) is 17.1. The standard InChI is InChI=1S/C8H19NO2.C7H17NO2.C2H7NO/c1-6(2)8(10)7(9-3)5-11-4;1-5(2)7(10)6(4-9)8-3;3-1-2-4/h6-10H,5H2,1-4H3;5-10H,4H2,1-3H3;4H,1-3H2. The minimum Gasteiger partial charge on any atom is -0.395 e. The van der Waals surface area contributed by atoms with Gasteiger partial charge in [0.25, 0.3) is 0 Å². The Bertz CT molecular complexity index is 252. The Morgan fingerprint density at radius 2 is 1.24 bits per heavy atom. The van der Waals surface area contributed by atoms with Crippen molar-refractivity contribution in [2.45, 2.75) is 52.0 Å². The fourth-order valence-corrected chi connectivity index (χ4v) is 1.83. The molecule has 0 aliphatic heterocycles. The minimum atomic E-state index is -0.463. The molecule has 4 unspecified atom stereocenters. The van der Waals surface area contributed by atoms with E-state index in [0.717, 1.165) is 0 Å². The van der Waals surface area contributed by atoms with Gasteiger partial charge in [0, 0.05) is 13.7 Å². The van der Waals surface area contributed by atoms with Crippen LogP contribution in [0.3, 0.4) is 0 Å². The molecule has 0 aliphatic carbocycles. The van der Waals surface area contributed by atoms with Gasteiger partial charge in [0.05, 0.1) is 44.1 Å². The number of nitrogens with one attached hydrogen (secondary N) is 2. The molecular weight excluding hydrogens is 326 g/mol. The summed E-state index contributed by atoms with van der Waals surface area (Å²) in [5.41, 5.74) is 4.78. The summed E-state index contributed by atoms with van der Waals surface area (Å²) in [6.07, 6.45) is -0.796. The van der Waals surface area contributed by atoms with E-state index in [1.54, 1.807) is 14.2 Å². The number of aliphatic hydroxyl groups is 4. The molecule has 25 heavy (non-hydrogen) atoms. The number of hydrogen-bond acceptors (Lipinski definition) is 8. The van der Waals surface area contributed by atoms with Crippen molar-refractivity contribution < 1.29 is 25.2 Å². The smallest absolute Gasteiger partial charge is 0.0738 e. The highest BCUT2D eigenvalue weighted by Crippen LogP contribution is 2.06. The Kier molecular flexibility index (Phi) is 23.6. The molecule has 0 aliphatic rings. The molecule has 0 aromatic carbocycles. The molecule has 4 atom stereocenters. The fourth-order valence-electron chi connectivity index (χ4n) is 1.83. The Morgan fingerprint density at radius 3 is 1.40 bits per heavy atom. The van der Waals surface area contributed by atoms with Crippen LogP contribution in [-0.4, -0.2) is 92.3 Å². The van der Waals surface area contributed by atoms with Crippen LogP contribution >= 0.6 is 0 Å². The molecule has 0 fully saturated rings. The maximum Gasteiger partial charge on any atom is 0.0738 e. The van der Waals surface area contributed by atoms with E-state index in [1.165, 1.54) is 0 Å². The summed E-state index contributed by atoms with van der Waals surface area (Å²) in [4.78, 5) is 0. The molecule has 0 spiro atoms. The van der Waals surface area contributed by atoms with Gasteiger partial charge in [-0.1, -0.05) is 27.7 Å². The Balaban J connectivity index is -0.000000321. The first-order chi connectivity index (χ1) is 11.7. The van der Waals surface area contributed by atoms with Gasteiger partial charge in [0.2, 0.25) is 0 Å². The summed E-state index contributed by atoms with van der Waals surface area (Å²) in [5, 5.41) is 41.3. The highest BCUT2D eigenvalue weighted by Gasteiger charge is 2.20. The molecule has 8 heteroatoms. The van der Waals surface area contributed by atoms with Crippen LogP contribution < -0.4 is 16.4 Å². The van der Waals surface area contributed by atoms with Crippen LogP contribution in [0.4, 0.5) is 0 Å². The van der Waals surface area contributed by atoms with Crippen molar-refractivity contribution in [3.05, 3.63) is 0 Å². The van der Waals surface area contributed by atoms with Crippen LogP contribution in [0.1, 0.15) is 27.7 Å². The van der Waals surface area contributed by atoms with Crippen LogP contribution in [0.2, 0.25) is 0 Å². The SMILES string of the molecule is CNC(CO)C(O)C(C)C.CNC(COC)C(O)C(C)C.NCCO. The second-order valence-electron chi connectivity index (χ2n) is 6.41. The predicted octanol–water partition coefficient (Wildman–Crippen LogP) is -1.24. The lowest BCUT2D eigenvalue weighted by molar-refractivity contribution is 0.0450. The number of ether oxygens (including phenoxy) is 1. The molecule has 0 saturated carbocycles. The zero-order valence-corrected chi connectivity index (χ0v) is 17.1. The predicted molar refractivity (Wildman–Crippen MR) is 102 cm³/mol. The highest BCUT2D eigenvalue weighted by atomic mass is 16.5. The number of hydrogen-bond donors (Lipinski definition) is 7. The van der Waals surface area contributed by atoms with Gasteiger partial charge in [-0.3, -0.25) is 0 Å². The van der Waals surface area contributed by atoms with Crippen LogP contribution in [-0.2, 0) is 4.74 Å². The van der Waals surface area contributed by atoms with E-state index in [1.807, 2.05) is 34.7 Å². The molecule has 156 valence electrons. The lowest BCUT2D eigenvalue weighted by Crippen LogP contribution is -2.43. The maximum atomic E-state index is 9.57. The van der Waals surface area contributed by atoms with Gasteiger partial charge in [-0.15, -0.1) is 0 Å². The molecule has 8 nitrogen and oxygen atoms in total. The lowest BCUT2D eigenvalue weighted by atomic mass is 10.0. The van der Waals surface area contributed by atoms with Crippen molar-refractivity contribution in [2.75, 3.05) is 47.6 Å². The van der Waals surface area contributed by atoms with E-state index in [9.17, 15) is 10.2 Å². The van der Waals surface area contributed by atoms with Gasteiger partial charge in [-0.2, -0.15) is 0 Å². The van der Waals surface area contributed by atoms with E-state index >= 15 is 0 Å². The fraction of sp³-hybridized carbons (Fsp3) is 1.00. The van der Waals surface area contributed by atoms with Crippen molar-refractivity contribution in [2.24, 2.45) is 17.6 Å². The maximum absolute atomic E-state index is 9.57. The van der Waals surface area contributed by atoms with Gasteiger partial charge in [0.15, 0.2) is 0 Å². The van der Waals surface area contributed by atoms with Crippen molar-refractivity contribution in [3.8, 4) is 0 Å². The lowest BCUT2D eigenvalue weighted by Gasteiger charge is -2.24. The van der Waals surface area contributed by atoms with Gasteiger partial charge in [-0.25, -0.2) is 0 Å². The first-order valence-corrected chi connectivity index (χ1v) is 8.79. The van der Waals surface area contributed by atoms with Crippen molar-refractivity contribution in [1.29, 1.82) is 0 Å².